The average Bonchev–Trinajstić information content (AvgIpc) is 3.28. The first-order valence-corrected chi connectivity index (χ1v) is 14.6. The van der Waals surface area contributed by atoms with E-state index >= 15 is 0 Å². The third kappa shape index (κ3) is 5.40. The molecular weight excluding hydrogens is 468 g/mol. The molecule has 1 heterocycles. The van der Waals surface area contributed by atoms with Gasteiger partial charge in [-0.2, -0.15) is 8.61 Å². The topological polar surface area (TPSA) is 74.8 Å². The maximum Gasteiger partial charge on any atom is 0.243 e. The van der Waals surface area contributed by atoms with E-state index in [1.54, 1.807) is 29.6 Å². The van der Waals surface area contributed by atoms with Crippen molar-refractivity contribution in [3.05, 3.63) is 59.2 Å². The zero-order valence-corrected chi connectivity index (χ0v) is 23.1. The van der Waals surface area contributed by atoms with Crippen LogP contribution in [-0.4, -0.2) is 45.6 Å². The predicted molar refractivity (Wildman–Crippen MR) is 137 cm³/mol. The van der Waals surface area contributed by atoms with Crippen molar-refractivity contribution in [2.75, 3.05) is 20.1 Å². The maximum atomic E-state index is 13.5. The molecule has 6 nitrogen and oxygen atoms in total. The molecule has 2 aromatic rings. The van der Waals surface area contributed by atoms with Crippen molar-refractivity contribution < 1.29 is 16.8 Å². The smallest absolute Gasteiger partial charge is 0.207 e. The van der Waals surface area contributed by atoms with Gasteiger partial charge in [0, 0.05) is 26.7 Å². The highest BCUT2D eigenvalue weighted by atomic mass is 32.2. The van der Waals surface area contributed by atoms with E-state index in [9.17, 15) is 16.8 Å². The summed E-state index contributed by atoms with van der Waals surface area (Å²) in [5, 5.41) is 0. The van der Waals surface area contributed by atoms with E-state index in [-0.39, 0.29) is 27.2 Å². The summed E-state index contributed by atoms with van der Waals surface area (Å²) in [6.45, 7) is 13.1. The second-order valence-corrected chi connectivity index (χ2v) is 15.1. The van der Waals surface area contributed by atoms with Gasteiger partial charge in [0.15, 0.2) is 0 Å². The van der Waals surface area contributed by atoms with Gasteiger partial charge in [-0.15, -0.1) is 0 Å². The van der Waals surface area contributed by atoms with Crippen molar-refractivity contribution in [2.24, 2.45) is 0 Å². The van der Waals surface area contributed by atoms with Gasteiger partial charge >= 0.3 is 0 Å². The Morgan fingerprint density at radius 3 is 1.88 bits per heavy atom. The van der Waals surface area contributed by atoms with Gasteiger partial charge in [-0.1, -0.05) is 71.9 Å². The first kappa shape index (κ1) is 26.9. The fraction of sp³-hybridized carbons (Fsp3) is 0.538. The Morgan fingerprint density at radius 2 is 1.32 bits per heavy atom. The summed E-state index contributed by atoms with van der Waals surface area (Å²) >= 11 is 0. The summed E-state index contributed by atoms with van der Waals surface area (Å²) in [4.78, 5) is 0.557. The van der Waals surface area contributed by atoms with Gasteiger partial charge in [-0.05, 0) is 52.5 Å². The van der Waals surface area contributed by atoms with Gasteiger partial charge in [-0.3, -0.25) is 0 Å². The molecule has 0 unspecified atom stereocenters. The summed E-state index contributed by atoms with van der Waals surface area (Å²) in [6, 6.07) is 12.4. The SMILES string of the molecule is CN(Cc1ccc(C(C)(C)C)c(S(=O)(=O)N2CCCC2)c1)S(=O)(=O)c1ccccc1C(C)(C)C. The van der Waals surface area contributed by atoms with Crippen LogP contribution < -0.4 is 0 Å². The molecule has 1 aliphatic rings. The third-order valence-electron chi connectivity index (χ3n) is 6.33. The minimum Gasteiger partial charge on any atom is -0.207 e. The summed E-state index contributed by atoms with van der Waals surface area (Å²) < 4.78 is 56.9. The van der Waals surface area contributed by atoms with Gasteiger partial charge in [0.25, 0.3) is 0 Å². The number of sulfonamides is 2. The highest BCUT2D eigenvalue weighted by Gasteiger charge is 2.33. The Balaban J connectivity index is 2.02. The lowest BCUT2D eigenvalue weighted by Crippen LogP contribution is -2.31. The lowest BCUT2D eigenvalue weighted by Gasteiger charge is -2.27. The molecule has 34 heavy (non-hydrogen) atoms. The zero-order chi connectivity index (χ0) is 25.5. The molecule has 1 aliphatic heterocycles. The van der Waals surface area contributed by atoms with E-state index in [1.807, 2.05) is 65.8 Å². The summed E-state index contributed by atoms with van der Waals surface area (Å²) in [7, 11) is -5.90. The average molecular weight is 507 g/mol. The molecule has 0 bridgehead atoms. The van der Waals surface area contributed by atoms with E-state index in [2.05, 4.69) is 0 Å². The largest absolute Gasteiger partial charge is 0.243 e. The van der Waals surface area contributed by atoms with E-state index in [0.717, 1.165) is 24.0 Å². The van der Waals surface area contributed by atoms with Crippen LogP contribution in [0.25, 0.3) is 0 Å². The fourth-order valence-electron chi connectivity index (χ4n) is 4.39. The van der Waals surface area contributed by atoms with Crippen LogP contribution in [0.1, 0.15) is 71.1 Å². The molecule has 0 amide bonds. The molecule has 8 heteroatoms. The molecule has 3 rings (SSSR count). The highest BCUT2D eigenvalue weighted by molar-refractivity contribution is 7.89. The third-order valence-corrected chi connectivity index (χ3v) is 10.1. The molecular formula is C26H38N2O4S2. The molecule has 0 aliphatic carbocycles. The maximum absolute atomic E-state index is 13.5. The van der Waals surface area contributed by atoms with Crippen molar-refractivity contribution >= 4 is 20.0 Å². The Labute approximate surface area is 206 Å². The van der Waals surface area contributed by atoms with Crippen LogP contribution >= 0.6 is 0 Å². The van der Waals surface area contributed by atoms with Crippen LogP contribution in [0.2, 0.25) is 0 Å². The second kappa shape index (κ2) is 9.37. The molecule has 0 radical (unpaired) electrons. The molecule has 0 N–H and O–H groups in total. The first-order chi connectivity index (χ1) is 15.6. The molecule has 1 saturated heterocycles. The van der Waals surface area contributed by atoms with Crippen LogP contribution in [0.15, 0.2) is 52.3 Å². The van der Waals surface area contributed by atoms with Gasteiger partial charge in [0.05, 0.1) is 9.79 Å². The van der Waals surface area contributed by atoms with Gasteiger partial charge in [0.1, 0.15) is 0 Å². The van der Waals surface area contributed by atoms with Crippen molar-refractivity contribution in [3.63, 3.8) is 0 Å². The monoisotopic (exact) mass is 506 g/mol. The summed E-state index contributed by atoms with van der Waals surface area (Å²) in [6.07, 6.45) is 1.72. The summed E-state index contributed by atoms with van der Waals surface area (Å²) in [5.74, 6) is 0. The molecule has 0 spiro atoms. The van der Waals surface area contributed by atoms with E-state index in [4.69, 9.17) is 0 Å². The molecule has 0 atom stereocenters. The van der Waals surface area contributed by atoms with Gasteiger partial charge in [0.2, 0.25) is 20.0 Å². The van der Waals surface area contributed by atoms with Crippen LogP contribution in [0.3, 0.4) is 0 Å². The second-order valence-electron chi connectivity index (χ2n) is 11.2. The highest BCUT2D eigenvalue weighted by Crippen LogP contribution is 2.34. The zero-order valence-electron chi connectivity index (χ0n) is 21.4. The number of benzene rings is 2. The quantitative estimate of drug-likeness (QED) is 0.559. The first-order valence-electron chi connectivity index (χ1n) is 11.8. The molecule has 188 valence electrons. The molecule has 0 saturated carbocycles. The Hall–Kier alpha value is -1.74. The van der Waals surface area contributed by atoms with Crippen LogP contribution in [0, 0.1) is 0 Å². The fourth-order valence-corrected chi connectivity index (χ4v) is 7.91. The Morgan fingerprint density at radius 1 is 0.794 bits per heavy atom. The van der Waals surface area contributed by atoms with Gasteiger partial charge < -0.3 is 0 Å². The van der Waals surface area contributed by atoms with Crippen LogP contribution in [0.5, 0.6) is 0 Å². The Bertz CT molecular complexity index is 1250. The van der Waals surface area contributed by atoms with E-state index in [0.29, 0.717) is 18.7 Å². The van der Waals surface area contributed by atoms with Crippen LogP contribution in [0.4, 0.5) is 0 Å². The summed E-state index contributed by atoms with van der Waals surface area (Å²) in [5.41, 5.74) is 1.43. The minimum absolute atomic E-state index is 0.0771. The number of hydrogen-bond donors (Lipinski definition) is 0. The molecule has 1 fully saturated rings. The van der Waals surface area contributed by atoms with Crippen molar-refractivity contribution in [2.45, 2.75) is 81.5 Å². The predicted octanol–water partition coefficient (Wildman–Crippen LogP) is 4.89. The lowest BCUT2D eigenvalue weighted by molar-refractivity contribution is 0.460. The van der Waals surface area contributed by atoms with E-state index < -0.39 is 20.0 Å². The number of hydrogen-bond acceptors (Lipinski definition) is 4. The number of nitrogens with zero attached hydrogens (tertiary/aromatic N) is 2. The number of rotatable bonds is 6. The molecule has 2 aromatic carbocycles. The lowest BCUT2D eigenvalue weighted by atomic mass is 9.86. The standard InChI is InChI=1S/C26H38N2O4S2/c1-25(2,3)21-12-8-9-13-23(21)33(29,30)27(7)19-20-14-15-22(26(4,5)6)24(18-20)34(31,32)28-16-10-11-17-28/h8-9,12-15,18H,10-11,16-17,19H2,1-7H3. The molecule has 0 aromatic heterocycles. The van der Waals surface area contributed by atoms with Crippen LogP contribution in [-0.2, 0) is 37.4 Å². The van der Waals surface area contributed by atoms with Gasteiger partial charge in [-0.25, -0.2) is 16.8 Å². The van der Waals surface area contributed by atoms with Crippen molar-refractivity contribution in [3.8, 4) is 0 Å². The van der Waals surface area contributed by atoms with E-state index in [1.165, 1.54) is 4.31 Å². The Kier molecular flexibility index (Phi) is 7.40. The normalized spacial score (nSPS) is 16.4. The van der Waals surface area contributed by atoms with Crippen molar-refractivity contribution in [1.29, 1.82) is 0 Å². The van der Waals surface area contributed by atoms with Crippen molar-refractivity contribution in [1.82, 2.24) is 8.61 Å². The minimum atomic E-state index is -3.78.